The summed E-state index contributed by atoms with van der Waals surface area (Å²) < 4.78 is 5.46. The number of thiazole rings is 6. The van der Waals surface area contributed by atoms with E-state index in [0.29, 0.717) is 69.6 Å². The number of urea groups is 1. The van der Waals surface area contributed by atoms with Crippen LogP contribution < -0.4 is 31.5 Å². The van der Waals surface area contributed by atoms with E-state index < -0.39 is 84.6 Å². The van der Waals surface area contributed by atoms with Crippen molar-refractivity contribution in [3.63, 3.8) is 0 Å². The van der Waals surface area contributed by atoms with Gasteiger partial charge >= 0.3 is 18.0 Å². The summed E-state index contributed by atoms with van der Waals surface area (Å²) in [4.78, 5) is 145. The minimum atomic E-state index is -1.29. The van der Waals surface area contributed by atoms with Crippen LogP contribution in [0.25, 0.3) is 43.4 Å². The van der Waals surface area contributed by atoms with Gasteiger partial charge in [0.25, 0.3) is 17.7 Å². The molecule has 31 heteroatoms. The monoisotopic (exact) mass is 1290 g/mol. The number of hydrogen-bond acceptors (Lipinski definition) is 22. The minimum absolute atomic E-state index is 0.00249. The number of carboxylic acid groups (broad SMARTS) is 2. The van der Waals surface area contributed by atoms with Crippen molar-refractivity contribution in [2.45, 2.75) is 71.2 Å². The number of hydrogen-bond donors (Lipinski definition) is 7. The van der Waals surface area contributed by atoms with Crippen molar-refractivity contribution in [3.8, 4) is 43.4 Å². The lowest BCUT2D eigenvalue weighted by Crippen LogP contribution is -2.49. The number of pyridine rings is 1. The van der Waals surface area contributed by atoms with E-state index in [-0.39, 0.29) is 72.8 Å². The minimum Gasteiger partial charge on any atom is -0.481 e. The van der Waals surface area contributed by atoms with E-state index >= 15 is 0 Å². The number of methoxy groups -OCH3 is 1. The standard InChI is InChI=1S/C56H56N14O11S6/c1-26(2)42-54-68-45(37(87-54)21-81-5)47(76)58-19-40(72)59-32(17-28-9-7-6-8-10-28)51-64-36(24-84-51)52-62-34(22-83-52)44-30(49-63-35(23-82-49)46(75)61-33(18-39(71)57-4)53-67-43(27(3)86-53)48(77)66-42)11-12-31(60-44)50-65-38(25-85-50)70(20-41(73)74)56(80)69-15-13-29(14-16-69)55(78)79/h6-12,22-26,29,32-33,42H,13-21H2,1-5H3,(H,57,71)(H,58,76)(H,59,72)(H,61,75)(H,66,77)(H,73,74)(H,78,79)/t32-,33-,42?/m0/s1. The zero-order valence-corrected chi connectivity index (χ0v) is 52.0. The van der Waals surface area contributed by atoms with Gasteiger partial charge in [-0.3, -0.25) is 38.5 Å². The van der Waals surface area contributed by atoms with Crippen LogP contribution in [0.2, 0.25) is 0 Å². The van der Waals surface area contributed by atoms with Crippen molar-refractivity contribution in [2.24, 2.45) is 11.8 Å². The number of aliphatic carboxylic acids is 2. The summed E-state index contributed by atoms with van der Waals surface area (Å²) in [5.41, 5.74) is 2.96. The van der Waals surface area contributed by atoms with E-state index in [2.05, 4.69) is 26.6 Å². The van der Waals surface area contributed by atoms with Gasteiger partial charge in [0.15, 0.2) is 0 Å². The third-order valence-electron chi connectivity index (χ3n) is 14.0. The van der Waals surface area contributed by atoms with Gasteiger partial charge in [0.1, 0.15) is 76.6 Å². The van der Waals surface area contributed by atoms with Crippen molar-refractivity contribution >= 4 is 121 Å². The molecule has 0 radical (unpaired) electrons. The summed E-state index contributed by atoms with van der Waals surface area (Å²) in [7, 11) is 2.94. The number of carbonyl (C=O) groups excluding carboxylic acids is 6. The summed E-state index contributed by atoms with van der Waals surface area (Å²) in [6, 6.07) is 9.94. The number of piperidine rings is 1. The zero-order chi connectivity index (χ0) is 61.6. The van der Waals surface area contributed by atoms with E-state index in [1.807, 2.05) is 49.6 Å². The number of nitrogens with zero attached hydrogens (tertiary/aromatic N) is 9. The highest BCUT2D eigenvalue weighted by Crippen LogP contribution is 2.40. The van der Waals surface area contributed by atoms with Crippen LogP contribution in [0.4, 0.5) is 10.6 Å². The largest absolute Gasteiger partial charge is 0.481 e. The molecule has 10 rings (SSSR count). The predicted octanol–water partition coefficient (Wildman–Crippen LogP) is 7.63. The van der Waals surface area contributed by atoms with Crippen molar-refractivity contribution in [1.29, 1.82) is 0 Å². The van der Waals surface area contributed by atoms with E-state index in [9.17, 15) is 48.6 Å². The number of benzene rings is 1. The molecule has 1 saturated heterocycles. The van der Waals surface area contributed by atoms with Crippen LogP contribution in [0.1, 0.15) is 113 Å². The SMILES string of the molecule is CNC(=O)C[C@@H]1NC(=O)c2csc(n2)-c2ccc(-c3nc(N(CC(=O)O)C(=O)N4CCC(C(=O)O)CC4)cs3)nc2-c2csc(n2)-c2csc(n2)[C@H](Cc2ccccc2)NC(=O)CNC(=O)c2nc(sc2COC)C(C(C)C)NC(=O)c2nc1sc2C. The Morgan fingerprint density at radius 2 is 1.41 bits per heavy atom. The molecule has 0 saturated carbocycles. The Bertz CT molecular complexity index is 3900. The van der Waals surface area contributed by atoms with Gasteiger partial charge in [-0.1, -0.05) is 44.2 Å². The molecule has 0 spiro atoms. The quantitative estimate of drug-likeness (QED) is 0.0618. The Labute approximate surface area is 520 Å². The summed E-state index contributed by atoms with van der Waals surface area (Å²) in [5, 5.41) is 42.9. The molecule has 2 aliphatic heterocycles. The fraction of sp³-hybridized carbons (Fsp3) is 0.339. The van der Waals surface area contributed by atoms with Crippen LogP contribution in [-0.4, -0.2) is 138 Å². The first-order chi connectivity index (χ1) is 41.8. The van der Waals surface area contributed by atoms with Gasteiger partial charge in [-0.2, -0.15) is 0 Å². The Hall–Kier alpha value is -8.33. The van der Waals surface area contributed by atoms with Gasteiger partial charge in [0, 0.05) is 59.2 Å². The maximum absolute atomic E-state index is 14.4. The number of anilines is 1. The molecule has 0 aliphatic carbocycles. The lowest BCUT2D eigenvalue weighted by molar-refractivity contribution is -0.143. The van der Waals surface area contributed by atoms with Crippen molar-refractivity contribution in [1.82, 2.24) is 66.4 Å². The Kier molecular flexibility index (Phi) is 19.3. The Morgan fingerprint density at radius 1 is 0.713 bits per heavy atom. The van der Waals surface area contributed by atoms with E-state index in [1.54, 1.807) is 35.2 Å². The number of amides is 7. The molecule has 1 aromatic carbocycles. The second kappa shape index (κ2) is 27.2. The predicted molar refractivity (Wildman–Crippen MR) is 328 cm³/mol. The van der Waals surface area contributed by atoms with Crippen molar-refractivity contribution in [3.05, 3.63) is 111 Å². The number of nitrogens with one attached hydrogen (secondary N) is 5. The van der Waals surface area contributed by atoms with Crippen LogP contribution in [-0.2, 0) is 36.9 Å². The van der Waals surface area contributed by atoms with Crippen LogP contribution >= 0.6 is 68.0 Å². The van der Waals surface area contributed by atoms with E-state index in [4.69, 9.17) is 39.6 Å². The van der Waals surface area contributed by atoms with Gasteiger partial charge in [-0.15, -0.1) is 68.0 Å². The highest BCUT2D eigenvalue weighted by Gasteiger charge is 2.34. The fourth-order valence-electron chi connectivity index (χ4n) is 9.54. The first kappa shape index (κ1) is 61.7. The number of aryl methyl sites for hydroxylation is 1. The molecule has 7 aromatic heterocycles. The number of likely N-dealkylation sites (tertiary alicyclic amines) is 1. The van der Waals surface area contributed by atoms with Gasteiger partial charge in [-0.05, 0) is 49.8 Å². The molecule has 8 aromatic rings. The van der Waals surface area contributed by atoms with E-state index in [0.717, 1.165) is 44.5 Å². The maximum Gasteiger partial charge on any atom is 0.326 e. The van der Waals surface area contributed by atoms with Crippen molar-refractivity contribution in [2.75, 3.05) is 45.2 Å². The highest BCUT2D eigenvalue weighted by atomic mass is 32.1. The summed E-state index contributed by atoms with van der Waals surface area (Å²) in [6.45, 7) is 4.60. The molecule has 9 heterocycles. The molecule has 2 aliphatic rings. The van der Waals surface area contributed by atoms with Crippen LogP contribution in [0.5, 0.6) is 0 Å². The van der Waals surface area contributed by atoms with Crippen LogP contribution in [0, 0.1) is 18.8 Å². The lowest BCUT2D eigenvalue weighted by atomic mass is 9.97. The average molecular weight is 1290 g/mol. The van der Waals surface area contributed by atoms with Gasteiger partial charge < -0.3 is 46.4 Å². The lowest BCUT2D eigenvalue weighted by Gasteiger charge is -2.33. The number of aromatic nitrogens is 7. The number of carboxylic acids is 2. The third kappa shape index (κ3) is 14.2. The molecule has 452 valence electrons. The Morgan fingerprint density at radius 3 is 2.14 bits per heavy atom. The molecule has 87 heavy (non-hydrogen) atoms. The number of fused-ring (bicyclic) bond motifs is 14. The molecule has 1 unspecified atom stereocenters. The van der Waals surface area contributed by atoms with Crippen LogP contribution in [0.15, 0.2) is 64.0 Å². The second-order valence-corrected chi connectivity index (χ2v) is 26.2. The normalized spacial score (nSPS) is 17.0. The van der Waals surface area contributed by atoms with Gasteiger partial charge in [0.05, 0.1) is 54.2 Å². The molecule has 7 N–H and O–H groups in total. The molecule has 25 nitrogen and oxygen atoms in total. The van der Waals surface area contributed by atoms with E-state index in [1.165, 1.54) is 53.1 Å². The summed E-state index contributed by atoms with van der Waals surface area (Å²) >= 11 is 7.17. The molecule has 10 bridgehead atoms. The highest BCUT2D eigenvalue weighted by molar-refractivity contribution is 7.15. The van der Waals surface area contributed by atoms with Gasteiger partial charge in [-0.25, -0.2) is 39.7 Å². The molecule has 7 amide bonds. The number of ether oxygens (including phenoxy) is 1. The molecular weight excluding hydrogens is 1240 g/mol. The molecule has 1 fully saturated rings. The first-order valence-electron chi connectivity index (χ1n) is 27.1. The van der Waals surface area contributed by atoms with Gasteiger partial charge in [0.2, 0.25) is 11.8 Å². The number of rotatable bonds is 12. The Balaban J connectivity index is 1.04. The second-order valence-electron chi connectivity index (χ2n) is 20.4. The molecular formula is C56H56N14O11S6. The maximum atomic E-state index is 14.4. The van der Waals surface area contributed by atoms with Crippen LogP contribution in [0.3, 0.4) is 0 Å². The first-order valence-corrected chi connectivity index (χ1v) is 32.2. The summed E-state index contributed by atoms with van der Waals surface area (Å²) in [6.07, 6.45) is 0.536. The number of carbonyl (C=O) groups is 8. The zero-order valence-electron chi connectivity index (χ0n) is 47.1. The smallest absolute Gasteiger partial charge is 0.326 e. The van der Waals surface area contributed by atoms with Crippen molar-refractivity contribution < 1.29 is 53.3 Å². The topological polar surface area (TPSA) is 343 Å². The third-order valence-corrected chi connectivity index (χ3v) is 19.8. The fourth-order valence-corrected chi connectivity index (χ4v) is 15.1. The summed E-state index contributed by atoms with van der Waals surface area (Å²) in [5.74, 6) is -5.80. The molecule has 3 atom stereocenters. The average Bonchev–Trinajstić information content (AvgIpc) is 3.00.